The molecule has 1 aromatic carbocycles. The quantitative estimate of drug-likeness (QED) is 0.556. The van der Waals surface area contributed by atoms with Crippen molar-refractivity contribution in [3.8, 4) is 0 Å². The molecule has 0 aliphatic heterocycles. The minimum Gasteiger partial charge on any atom is -0.360 e. The van der Waals surface area contributed by atoms with Gasteiger partial charge in [0.2, 0.25) is 0 Å². The third-order valence-corrected chi connectivity index (χ3v) is 3.42. The minimum atomic E-state index is -1.27. The van der Waals surface area contributed by atoms with E-state index in [2.05, 4.69) is 16.4 Å². The monoisotopic (exact) mass is 320 g/mol. The molecule has 0 atom stereocenters. The second-order valence-electron chi connectivity index (χ2n) is 5.31. The fourth-order valence-corrected chi connectivity index (χ4v) is 2.17. The van der Waals surface area contributed by atoms with Crippen molar-refractivity contribution in [1.29, 1.82) is 0 Å². The maximum atomic E-state index is 12.1. The average Bonchev–Trinajstić information content (AvgIpc) is 2.52. The Balaban J connectivity index is 2.75. The van der Waals surface area contributed by atoms with Crippen molar-refractivity contribution >= 4 is 18.1 Å². The Bertz CT molecular complexity index is 563. The molecule has 1 aromatic rings. The van der Waals surface area contributed by atoms with Gasteiger partial charge >= 0.3 is 18.1 Å². The Hall–Kier alpha value is -2.17. The highest BCUT2D eigenvalue weighted by molar-refractivity contribution is 5.98. The molecule has 5 heteroatoms. The van der Waals surface area contributed by atoms with Gasteiger partial charge in [0.05, 0.1) is 5.56 Å². The van der Waals surface area contributed by atoms with E-state index in [9.17, 15) is 14.4 Å². The zero-order valence-electron chi connectivity index (χ0n) is 14.0. The lowest BCUT2D eigenvalue weighted by atomic mass is 9.99. The highest BCUT2D eigenvalue weighted by atomic mass is 16.8. The first-order chi connectivity index (χ1) is 11.0. The van der Waals surface area contributed by atoms with Gasteiger partial charge in [-0.15, -0.1) is 0 Å². The van der Waals surface area contributed by atoms with Crippen molar-refractivity contribution in [2.45, 2.75) is 59.3 Å². The predicted molar refractivity (Wildman–Crippen MR) is 86.2 cm³/mol. The molecule has 0 N–H and O–H groups in total. The van der Waals surface area contributed by atoms with E-state index in [1.807, 2.05) is 19.1 Å². The SMILES string of the molecule is CCCCc1ccc(C(=O)OC(=O)OC(=O)CCC)c(CC)c1. The molecular formula is C18H24O5. The van der Waals surface area contributed by atoms with Crippen LogP contribution in [0.5, 0.6) is 0 Å². The third kappa shape index (κ3) is 6.22. The smallest absolute Gasteiger partial charge is 0.360 e. The van der Waals surface area contributed by atoms with Gasteiger partial charge in [0.15, 0.2) is 0 Å². The molecule has 0 radical (unpaired) electrons. The molecule has 0 bridgehead atoms. The Kier molecular flexibility index (Phi) is 8.02. The predicted octanol–water partition coefficient (Wildman–Crippen LogP) is 4.21. The van der Waals surface area contributed by atoms with E-state index in [0.717, 1.165) is 30.4 Å². The lowest BCUT2D eigenvalue weighted by Gasteiger charge is -2.09. The number of aryl methyl sites for hydroxylation is 2. The largest absolute Gasteiger partial charge is 0.524 e. The Labute approximate surface area is 137 Å². The molecule has 0 fully saturated rings. The van der Waals surface area contributed by atoms with Crippen molar-refractivity contribution in [3.05, 3.63) is 34.9 Å². The van der Waals surface area contributed by atoms with E-state index in [-0.39, 0.29) is 6.42 Å². The number of benzene rings is 1. The van der Waals surface area contributed by atoms with Gasteiger partial charge in [-0.05, 0) is 42.9 Å². The van der Waals surface area contributed by atoms with Crippen LogP contribution in [0.15, 0.2) is 18.2 Å². The number of ether oxygens (including phenoxy) is 2. The van der Waals surface area contributed by atoms with E-state index in [1.165, 1.54) is 0 Å². The summed E-state index contributed by atoms with van der Waals surface area (Å²) in [6.45, 7) is 5.84. The number of hydrogen-bond donors (Lipinski definition) is 0. The maximum Gasteiger partial charge on any atom is 0.524 e. The van der Waals surface area contributed by atoms with Gasteiger partial charge in [-0.3, -0.25) is 4.79 Å². The van der Waals surface area contributed by atoms with Crippen molar-refractivity contribution in [2.24, 2.45) is 0 Å². The van der Waals surface area contributed by atoms with Gasteiger partial charge < -0.3 is 9.47 Å². The molecule has 0 unspecified atom stereocenters. The summed E-state index contributed by atoms with van der Waals surface area (Å²) in [5, 5.41) is 0. The zero-order valence-corrected chi connectivity index (χ0v) is 14.0. The Morgan fingerprint density at radius 2 is 1.74 bits per heavy atom. The summed E-state index contributed by atoms with van der Waals surface area (Å²) in [4.78, 5) is 34.7. The van der Waals surface area contributed by atoms with Gasteiger partial charge in [-0.2, -0.15) is 0 Å². The van der Waals surface area contributed by atoms with Crippen LogP contribution in [0, 0.1) is 0 Å². The van der Waals surface area contributed by atoms with Crippen LogP contribution in [0.25, 0.3) is 0 Å². The van der Waals surface area contributed by atoms with Crippen molar-refractivity contribution < 1.29 is 23.9 Å². The Morgan fingerprint density at radius 3 is 2.35 bits per heavy atom. The summed E-state index contributed by atoms with van der Waals surface area (Å²) in [5.41, 5.74) is 2.30. The van der Waals surface area contributed by atoms with Gasteiger partial charge in [0.25, 0.3) is 0 Å². The summed E-state index contributed by atoms with van der Waals surface area (Å²) >= 11 is 0. The van der Waals surface area contributed by atoms with Crippen LogP contribution >= 0.6 is 0 Å². The topological polar surface area (TPSA) is 69.7 Å². The van der Waals surface area contributed by atoms with Gasteiger partial charge in [0, 0.05) is 6.42 Å². The van der Waals surface area contributed by atoms with Crippen LogP contribution in [0.4, 0.5) is 4.79 Å². The molecule has 5 nitrogen and oxygen atoms in total. The number of carbonyl (C=O) groups excluding carboxylic acids is 3. The van der Waals surface area contributed by atoms with Gasteiger partial charge in [-0.25, -0.2) is 9.59 Å². The molecule has 0 amide bonds. The van der Waals surface area contributed by atoms with Crippen LogP contribution < -0.4 is 0 Å². The highest BCUT2D eigenvalue weighted by Gasteiger charge is 2.19. The third-order valence-electron chi connectivity index (χ3n) is 3.42. The van der Waals surface area contributed by atoms with Crippen molar-refractivity contribution in [3.63, 3.8) is 0 Å². The van der Waals surface area contributed by atoms with Crippen molar-refractivity contribution in [1.82, 2.24) is 0 Å². The molecule has 1 rings (SSSR count). The van der Waals surface area contributed by atoms with E-state index in [4.69, 9.17) is 0 Å². The van der Waals surface area contributed by atoms with Gasteiger partial charge in [0.1, 0.15) is 0 Å². The summed E-state index contributed by atoms with van der Waals surface area (Å²) in [7, 11) is 0. The summed E-state index contributed by atoms with van der Waals surface area (Å²) in [6, 6.07) is 5.48. The Morgan fingerprint density at radius 1 is 1.00 bits per heavy atom. The summed E-state index contributed by atoms with van der Waals surface area (Å²) in [5.74, 6) is -1.49. The second kappa shape index (κ2) is 9.77. The molecule has 0 saturated heterocycles. The van der Waals surface area contributed by atoms with Gasteiger partial charge in [-0.1, -0.05) is 39.3 Å². The molecule has 0 saturated carbocycles. The molecule has 126 valence electrons. The van der Waals surface area contributed by atoms with Crippen LogP contribution in [0.3, 0.4) is 0 Å². The van der Waals surface area contributed by atoms with Crippen LogP contribution in [-0.4, -0.2) is 18.1 Å². The molecule has 0 aliphatic carbocycles. The highest BCUT2D eigenvalue weighted by Crippen LogP contribution is 2.16. The van der Waals surface area contributed by atoms with Crippen LogP contribution in [0.1, 0.15) is 67.9 Å². The number of unbranched alkanes of at least 4 members (excludes halogenated alkanes) is 1. The molecule has 0 aliphatic rings. The van der Waals surface area contributed by atoms with E-state index < -0.39 is 18.1 Å². The van der Waals surface area contributed by atoms with Crippen LogP contribution in [0.2, 0.25) is 0 Å². The molecular weight excluding hydrogens is 296 g/mol. The molecule has 0 spiro atoms. The lowest BCUT2D eigenvalue weighted by molar-refractivity contribution is -0.139. The first kappa shape index (κ1) is 18.9. The lowest BCUT2D eigenvalue weighted by Crippen LogP contribution is -2.18. The number of hydrogen-bond acceptors (Lipinski definition) is 5. The fraction of sp³-hybridized carbons (Fsp3) is 0.500. The normalized spacial score (nSPS) is 10.2. The molecule has 0 aromatic heterocycles. The first-order valence-electron chi connectivity index (χ1n) is 8.10. The molecule has 0 heterocycles. The standard InChI is InChI=1S/C18H24O5/c1-4-7-9-13-10-11-15(14(6-3)12-13)17(20)23-18(21)22-16(19)8-5-2/h10-12H,4-9H2,1-3H3. The molecule has 23 heavy (non-hydrogen) atoms. The second-order valence-corrected chi connectivity index (χ2v) is 5.31. The van der Waals surface area contributed by atoms with Crippen LogP contribution in [-0.2, 0) is 27.1 Å². The minimum absolute atomic E-state index is 0.107. The average molecular weight is 320 g/mol. The zero-order chi connectivity index (χ0) is 17.2. The number of carbonyl (C=O) groups is 3. The number of rotatable bonds is 7. The van der Waals surface area contributed by atoms with E-state index in [1.54, 1.807) is 13.0 Å². The fourth-order valence-electron chi connectivity index (χ4n) is 2.17. The van der Waals surface area contributed by atoms with E-state index >= 15 is 0 Å². The number of esters is 2. The van der Waals surface area contributed by atoms with Crippen molar-refractivity contribution in [2.75, 3.05) is 0 Å². The summed E-state index contributed by atoms with van der Waals surface area (Å²) < 4.78 is 9.01. The maximum absolute atomic E-state index is 12.1. The summed E-state index contributed by atoms with van der Waals surface area (Å²) in [6.07, 6.45) is 3.17. The first-order valence-corrected chi connectivity index (χ1v) is 8.10. The van der Waals surface area contributed by atoms with E-state index in [0.29, 0.717) is 18.4 Å².